The van der Waals surface area contributed by atoms with Crippen LogP contribution in [0.2, 0.25) is 0 Å². The van der Waals surface area contributed by atoms with E-state index in [1.54, 1.807) is 19.0 Å². The SMILES string of the molecule is Cc1c(C(=O)N(C)C)c(-c2ccccc2-c2ccccc2)nn1-c1ccccc1. The minimum absolute atomic E-state index is 0.0532. The van der Waals surface area contributed by atoms with Gasteiger partial charge in [-0.3, -0.25) is 4.79 Å². The quantitative estimate of drug-likeness (QED) is 0.486. The zero-order chi connectivity index (χ0) is 20.4. The summed E-state index contributed by atoms with van der Waals surface area (Å²) < 4.78 is 1.86. The van der Waals surface area contributed by atoms with Crippen molar-refractivity contribution in [3.05, 3.63) is 96.2 Å². The van der Waals surface area contributed by atoms with Crippen LogP contribution in [0.5, 0.6) is 0 Å². The fourth-order valence-corrected chi connectivity index (χ4v) is 3.55. The van der Waals surface area contributed by atoms with Gasteiger partial charge in [-0.2, -0.15) is 5.10 Å². The lowest BCUT2D eigenvalue weighted by Gasteiger charge is -2.13. The van der Waals surface area contributed by atoms with Crippen molar-refractivity contribution in [2.45, 2.75) is 6.92 Å². The molecule has 144 valence electrons. The Kier molecular flexibility index (Phi) is 5.00. The predicted molar refractivity (Wildman–Crippen MR) is 117 cm³/mol. The number of rotatable bonds is 4. The fourth-order valence-electron chi connectivity index (χ4n) is 3.55. The van der Waals surface area contributed by atoms with Crippen LogP contribution in [0.1, 0.15) is 16.1 Å². The van der Waals surface area contributed by atoms with E-state index in [1.165, 1.54) is 0 Å². The second-order valence-corrected chi connectivity index (χ2v) is 7.17. The summed E-state index contributed by atoms with van der Waals surface area (Å²) in [6.45, 7) is 1.95. The molecule has 1 heterocycles. The molecule has 29 heavy (non-hydrogen) atoms. The maximum absolute atomic E-state index is 13.1. The molecule has 1 aromatic heterocycles. The van der Waals surface area contributed by atoms with E-state index in [0.717, 1.165) is 28.1 Å². The highest BCUT2D eigenvalue weighted by molar-refractivity contribution is 6.02. The van der Waals surface area contributed by atoms with Gasteiger partial charge in [0.15, 0.2) is 0 Å². The number of benzene rings is 3. The van der Waals surface area contributed by atoms with Crippen molar-refractivity contribution in [2.24, 2.45) is 0 Å². The summed E-state index contributed by atoms with van der Waals surface area (Å²) in [4.78, 5) is 14.7. The molecule has 1 amide bonds. The van der Waals surface area contributed by atoms with Crippen LogP contribution in [0.15, 0.2) is 84.9 Å². The van der Waals surface area contributed by atoms with Crippen LogP contribution in [0.4, 0.5) is 0 Å². The summed E-state index contributed by atoms with van der Waals surface area (Å²) in [5.74, 6) is -0.0532. The first-order chi connectivity index (χ1) is 14.1. The molecule has 0 atom stereocenters. The molecule has 4 rings (SSSR count). The summed E-state index contributed by atoms with van der Waals surface area (Å²) in [5, 5.41) is 4.91. The third kappa shape index (κ3) is 3.45. The number of amides is 1. The van der Waals surface area contributed by atoms with Gasteiger partial charge in [0.2, 0.25) is 0 Å². The third-order valence-electron chi connectivity index (χ3n) is 5.00. The van der Waals surface area contributed by atoms with Gasteiger partial charge in [0.25, 0.3) is 5.91 Å². The molecular weight excluding hydrogens is 358 g/mol. The molecule has 4 aromatic rings. The Morgan fingerprint density at radius 3 is 1.97 bits per heavy atom. The van der Waals surface area contributed by atoms with E-state index in [-0.39, 0.29) is 5.91 Å². The maximum Gasteiger partial charge on any atom is 0.257 e. The number of hydrogen-bond acceptors (Lipinski definition) is 2. The van der Waals surface area contributed by atoms with Crippen LogP contribution in [0, 0.1) is 6.92 Å². The molecule has 0 aliphatic heterocycles. The Morgan fingerprint density at radius 1 is 0.793 bits per heavy atom. The zero-order valence-electron chi connectivity index (χ0n) is 16.8. The van der Waals surface area contributed by atoms with Crippen molar-refractivity contribution in [1.82, 2.24) is 14.7 Å². The second-order valence-electron chi connectivity index (χ2n) is 7.17. The minimum Gasteiger partial charge on any atom is -0.345 e. The van der Waals surface area contributed by atoms with E-state index in [4.69, 9.17) is 5.10 Å². The van der Waals surface area contributed by atoms with Gasteiger partial charge in [-0.05, 0) is 30.2 Å². The van der Waals surface area contributed by atoms with Gasteiger partial charge in [0.05, 0.1) is 16.9 Å². The normalized spacial score (nSPS) is 10.7. The summed E-state index contributed by atoms with van der Waals surface area (Å²) in [6.07, 6.45) is 0. The van der Waals surface area contributed by atoms with Gasteiger partial charge in [-0.1, -0.05) is 72.8 Å². The van der Waals surface area contributed by atoms with Gasteiger partial charge in [-0.15, -0.1) is 0 Å². The van der Waals surface area contributed by atoms with Crippen LogP contribution < -0.4 is 0 Å². The van der Waals surface area contributed by atoms with Crippen molar-refractivity contribution in [2.75, 3.05) is 14.1 Å². The monoisotopic (exact) mass is 381 g/mol. The number of aromatic nitrogens is 2. The highest BCUT2D eigenvalue weighted by Gasteiger charge is 2.25. The molecule has 4 nitrogen and oxygen atoms in total. The molecule has 0 bridgehead atoms. The van der Waals surface area contributed by atoms with Crippen LogP contribution >= 0.6 is 0 Å². The van der Waals surface area contributed by atoms with Gasteiger partial charge < -0.3 is 4.90 Å². The molecule has 0 fully saturated rings. The molecular formula is C25H23N3O. The number of hydrogen-bond donors (Lipinski definition) is 0. The van der Waals surface area contributed by atoms with Crippen LogP contribution in [0.25, 0.3) is 28.1 Å². The fraction of sp³-hybridized carbons (Fsp3) is 0.120. The number of nitrogens with zero attached hydrogens (tertiary/aromatic N) is 3. The van der Waals surface area contributed by atoms with E-state index < -0.39 is 0 Å². The summed E-state index contributed by atoms with van der Waals surface area (Å²) in [6, 6.07) is 28.2. The van der Waals surface area contributed by atoms with Crippen LogP contribution in [-0.2, 0) is 0 Å². The average Bonchev–Trinajstić information content (AvgIpc) is 3.11. The number of carbonyl (C=O) groups excluding carboxylic acids is 1. The molecule has 0 spiro atoms. The summed E-state index contributed by atoms with van der Waals surface area (Å²) >= 11 is 0. The van der Waals surface area contributed by atoms with Crippen LogP contribution in [-0.4, -0.2) is 34.7 Å². The van der Waals surface area contributed by atoms with Crippen molar-refractivity contribution >= 4 is 5.91 Å². The molecule has 3 aromatic carbocycles. The largest absolute Gasteiger partial charge is 0.345 e. The molecule has 0 unspecified atom stereocenters. The molecule has 0 N–H and O–H groups in total. The molecule has 0 aliphatic carbocycles. The third-order valence-corrected chi connectivity index (χ3v) is 5.00. The predicted octanol–water partition coefficient (Wildman–Crippen LogP) is 5.22. The Hall–Kier alpha value is -3.66. The van der Waals surface area contributed by atoms with Gasteiger partial charge in [-0.25, -0.2) is 4.68 Å². The van der Waals surface area contributed by atoms with E-state index in [9.17, 15) is 4.79 Å². The van der Waals surface area contributed by atoms with E-state index in [2.05, 4.69) is 18.2 Å². The second kappa shape index (κ2) is 7.76. The highest BCUT2D eigenvalue weighted by Crippen LogP contribution is 2.35. The van der Waals surface area contributed by atoms with Gasteiger partial charge >= 0.3 is 0 Å². The van der Waals surface area contributed by atoms with Gasteiger partial charge in [0, 0.05) is 19.7 Å². The first-order valence-electron chi connectivity index (χ1n) is 9.59. The van der Waals surface area contributed by atoms with Crippen molar-refractivity contribution in [1.29, 1.82) is 0 Å². The Balaban J connectivity index is 1.99. The lowest BCUT2D eigenvalue weighted by molar-refractivity contribution is 0.0827. The van der Waals surface area contributed by atoms with Crippen molar-refractivity contribution in [3.63, 3.8) is 0 Å². The zero-order valence-corrected chi connectivity index (χ0v) is 16.8. The van der Waals surface area contributed by atoms with E-state index in [0.29, 0.717) is 11.3 Å². The molecule has 0 aliphatic rings. The van der Waals surface area contributed by atoms with E-state index >= 15 is 0 Å². The molecule has 0 saturated carbocycles. The number of carbonyl (C=O) groups is 1. The topological polar surface area (TPSA) is 38.1 Å². The lowest BCUT2D eigenvalue weighted by atomic mass is 9.95. The lowest BCUT2D eigenvalue weighted by Crippen LogP contribution is -2.23. The first kappa shape index (κ1) is 18.7. The summed E-state index contributed by atoms with van der Waals surface area (Å²) in [7, 11) is 3.54. The number of para-hydroxylation sites is 1. The van der Waals surface area contributed by atoms with E-state index in [1.807, 2.05) is 78.3 Å². The summed E-state index contributed by atoms with van der Waals surface area (Å²) in [5.41, 5.74) is 6.18. The maximum atomic E-state index is 13.1. The smallest absolute Gasteiger partial charge is 0.257 e. The highest BCUT2D eigenvalue weighted by atomic mass is 16.2. The standard InChI is InChI=1S/C25H23N3O/c1-18-23(25(29)27(2)3)24(26-28(18)20-14-8-5-9-15-20)22-17-11-10-16-21(22)19-12-6-4-7-13-19/h4-17H,1-3H3. The molecule has 0 radical (unpaired) electrons. The van der Waals surface area contributed by atoms with Crippen molar-refractivity contribution in [3.8, 4) is 28.1 Å². The average molecular weight is 381 g/mol. The first-order valence-corrected chi connectivity index (χ1v) is 9.59. The Labute approximate surface area is 171 Å². The Morgan fingerprint density at radius 2 is 1.34 bits per heavy atom. The van der Waals surface area contributed by atoms with Gasteiger partial charge in [0.1, 0.15) is 5.69 Å². The van der Waals surface area contributed by atoms with Crippen LogP contribution in [0.3, 0.4) is 0 Å². The molecule has 4 heteroatoms. The minimum atomic E-state index is -0.0532. The van der Waals surface area contributed by atoms with Crippen molar-refractivity contribution < 1.29 is 4.79 Å². The Bertz CT molecular complexity index is 1150. The molecule has 0 saturated heterocycles.